The lowest BCUT2D eigenvalue weighted by Gasteiger charge is -2.11. The van der Waals surface area contributed by atoms with Crippen LogP contribution in [-0.4, -0.2) is 25.7 Å². The third-order valence-electron chi connectivity index (χ3n) is 2.23. The van der Waals surface area contributed by atoms with Gasteiger partial charge in [0, 0.05) is 12.5 Å². The van der Waals surface area contributed by atoms with E-state index >= 15 is 0 Å². The molecule has 0 aromatic heterocycles. The zero-order valence-electron chi connectivity index (χ0n) is 9.87. The molecule has 0 aliphatic carbocycles. The quantitative estimate of drug-likeness (QED) is 0.745. The summed E-state index contributed by atoms with van der Waals surface area (Å²) >= 11 is 0. The van der Waals surface area contributed by atoms with Crippen molar-refractivity contribution in [3.05, 3.63) is 29.8 Å². The molecule has 6 nitrogen and oxygen atoms in total. The second kappa shape index (κ2) is 5.83. The van der Waals surface area contributed by atoms with Gasteiger partial charge in [-0.1, -0.05) is 12.1 Å². The maximum Gasteiger partial charge on any atom is 0.306 e. The van der Waals surface area contributed by atoms with Crippen LogP contribution >= 0.6 is 0 Å². The smallest absolute Gasteiger partial charge is 0.306 e. The number of hydrogen-bond donors (Lipinski definition) is 2. The highest BCUT2D eigenvalue weighted by Gasteiger charge is 2.09. The van der Waals surface area contributed by atoms with Gasteiger partial charge in [-0.15, -0.1) is 0 Å². The van der Waals surface area contributed by atoms with Gasteiger partial charge in [-0.25, -0.2) is 0 Å². The van der Waals surface area contributed by atoms with Gasteiger partial charge in [-0.2, -0.15) is 8.42 Å². The van der Waals surface area contributed by atoms with E-state index in [1.54, 1.807) is 12.1 Å². The largest absolute Gasteiger partial charge is 0.481 e. The molecule has 1 aromatic carbocycles. The lowest BCUT2D eigenvalue weighted by molar-refractivity contribution is -0.137. The minimum absolute atomic E-state index is 0.0112. The normalized spacial score (nSPS) is 13.0. The van der Waals surface area contributed by atoms with E-state index in [9.17, 15) is 13.2 Å². The van der Waals surface area contributed by atoms with Gasteiger partial charge in [-0.05, 0) is 24.1 Å². The Labute approximate surface area is 105 Å². The number of carboxylic acid groups (broad SMARTS) is 1. The highest BCUT2D eigenvalue weighted by atomic mass is 32.2. The van der Waals surface area contributed by atoms with Crippen molar-refractivity contribution in [2.45, 2.75) is 18.9 Å². The van der Waals surface area contributed by atoms with Crippen molar-refractivity contribution in [1.29, 1.82) is 0 Å². The van der Waals surface area contributed by atoms with Crippen LogP contribution in [0.3, 0.4) is 0 Å². The van der Waals surface area contributed by atoms with Crippen LogP contribution in [0, 0.1) is 0 Å². The third kappa shape index (κ3) is 5.15. The lowest BCUT2D eigenvalue weighted by atomic mass is 10.0. The van der Waals surface area contributed by atoms with Crippen LogP contribution in [0.25, 0.3) is 0 Å². The predicted octanol–water partition coefficient (Wildman–Crippen LogP) is 0.890. The molecule has 0 radical (unpaired) electrons. The van der Waals surface area contributed by atoms with Crippen molar-refractivity contribution in [2.24, 2.45) is 5.73 Å². The van der Waals surface area contributed by atoms with Gasteiger partial charge >= 0.3 is 16.1 Å². The first kappa shape index (κ1) is 14.5. The van der Waals surface area contributed by atoms with Crippen LogP contribution in [0.2, 0.25) is 0 Å². The molecule has 0 fully saturated rings. The summed E-state index contributed by atoms with van der Waals surface area (Å²) in [4.78, 5) is 10.4. The van der Waals surface area contributed by atoms with Gasteiger partial charge in [0.25, 0.3) is 0 Å². The molecule has 7 heteroatoms. The second-order valence-electron chi connectivity index (χ2n) is 3.90. The molecule has 0 spiro atoms. The van der Waals surface area contributed by atoms with Gasteiger partial charge in [0.15, 0.2) is 0 Å². The molecule has 18 heavy (non-hydrogen) atoms. The Morgan fingerprint density at radius 2 is 1.94 bits per heavy atom. The molecule has 0 saturated carbocycles. The summed E-state index contributed by atoms with van der Waals surface area (Å²) in [5.74, 6) is -0.700. The summed E-state index contributed by atoms with van der Waals surface area (Å²) in [5, 5.41) is 8.54. The molecule has 3 N–H and O–H groups in total. The average molecular weight is 273 g/mol. The molecule has 0 heterocycles. The van der Waals surface area contributed by atoms with Crippen LogP contribution < -0.4 is 9.92 Å². The molecule has 1 aromatic rings. The number of aliphatic carboxylic acids is 1. The van der Waals surface area contributed by atoms with Gasteiger partial charge in [-0.3, -0.25) is 4.79 Å². The molecule has 100 valence electrons. The van der Waals surface area contributed by atoms with E-state index in [1.807, 2.05) is 0 Å². The van der Waals surface area contributed by atoms with E-state index < -0.39 is 22.1 Å². The van der Waals surface area contributed by atoms with E-state index in [2.05, 4.69) is 4.18 Å². The average Bonchev–Trinajstić information content (AvgIpc) is 2.24. The summed E-state index contributed by atoms with van der Waals surface area (Å²) < 4.78 is 26.4. The van der Waals surface area contributed by atoms with Gasteiger partial charge in [0.2, 0.25) is 0 Å². The molecule has 0 amide bonds. The first-order valence-corrected chi connectivity index (χ1v) is 7.06. The number of nitrogens with two attached hydrogens (primary N) is 1. The number of hydrogen-bond acceptors (Lipinski definition) is 5. The molecule has 0 aliphatic rings. The van der Waals surface area contributed by atoms with Gasteiger partial charge in [0.1, 0.15) is 5.75 Å². The molecule has 0 aliphatic heterocycles. The Kier molecular flexibility index (Phi) is 4.69. The zero-order valence-corrected chi connectivity index (χ0v) is 10.7. The van der Waals surface area contributed by atoms with Crippen LogP contribution in [0.5, 0.6) is 5.75 Å². The van der Waals surface area contributed by atoms with Crippen LogP contribution in [-0.2, 0) is 14.9 Å². The summed E-state index contributed by atoms with van der Waals surface area (Å²) in [7, 11) is -3.54. The fourth-order valence-electron chi connectivity index (χ4n) is 1.39. The number of carbonyl (C=O) groups is 1. The fraction of sp³-hybridized carbons (Fsp3) is 0.364. The zero-order chi connectivity index (χ0) is 13.8. The van der Waals surface area contributed by atoms with Crippen molar-refractivity contribution in [3.8, 4) is 5.75 Å². The topological polar surface area (TPSA) is 107 Å². The monoisotopic (exact) mass is 273 g/mol. The van der Waals surface area contributed by atoms with Gasteiger partial charge < -0.3 is 15.0 Å². The van der Waals surface area contributed by atoms with E-state index in [1.165, 1.54) is 12.1 Å². The maximum absolute atomic E-state index is 10.9. The Bertz CT molecular complexity index is 509. The molecular formula is C11H15NO5S. The minimum Gasteiger partial charge on any atom is -0.481 e. The highest BCUT2D eigenvalue weighted by molar-refractivity contribution is 7.86. The van der Waals surface area contributed by atoms with Crippen molar-refractivity contribution >= 4 is 16.1 Å². The highest BCUT2D eigenvalue weighted by Crippen LogP contribution is 2.20. The Morgan fingerprint density at radius 1 is 1.39 bits per heavy atom. The number of carboxylic acids is 1. The molecular weight excluding hydrogens is 258 g/mol. The van der Waals surface area contributed by atoms with Crippen LogP contribution in [0.4, 0.5) is 0 Å². The third-order valence-corrected chi connectivity index (χ3v) is 2.72. The predicted molar refractivity (Wildman–Crippen MR) is 65.7 cm³/mol. The van der Waals surface area contributed by atoms with E-state index in [4.69, 9.17) is 10.8 Å². The lowest BCUT2D eigenvalue weighted by Crippen LogP contribution is -2.12. The Morgan fingerprint density at radius 3 is 2.39 bits per heavy atom. The summed E-state index contributed by atoms with van der Waals surface area (Å²) in [6, 6.07) is 5.81. The summed E-state index contributed by atoms with van der Waals surface area (Å²) in [5.41, 5.74) is 6.53. The molecule has 0 bridgehead atoms. The van der Waals surface area contributed by atoms with E-state index in [0.29, 0.717) is 6.42 Å². The SMILES string of the molecule is CS(=O)(=O)Oc1ccc(C(N)CCC(=O)O)cc1. The first-order chi connectivity index (χ1) is 8.28. The van der Waals surface area contributed by atoms with Gasteiger partial charge in [0.05, 0.1) is 6.26 Å². The van der Waals surface area contributed by atoms with E-state index in [-0.39, 0.29) is 12.2 Å². The number of rotatable bonds is 6. The summed E-state index contributed by atoms with van der Waals surface area (Å²) in [6.07, 6.45) is 1.27. The summed E-state index contributed by atoms with van der Waals surface area (Å²) in [6.45, 7) is 0. The maximum atomic E-state index is 10.9. The first-order valence-electron chi connectivity index (χ1n) is 5.25. The van der Waals surface area contributed by atoms with Crippen molar-refractivity contribution in [2.75, 3.05) is 6.26 Å². The fourth-order valence-corrected chi connectivity index (χ4v) is 1.85. The standard InChI is InChI=1S/C11H15NO5S/c1-18(15,16)17-9-4-2-8(3-5-9)10(12)6-7-11(13)14/h2-5,10H,6-7,12H2,1H3,(H,13,14). The molecule has 0 saturated heterocycles. The molecule has 1 unspecified atom stereocenters. The van der Waals surface area contributed by atoms with Crippen molar-refractivity contribution < 1.29 is 22.5 Å². The van der Waals surface area contributed by atoms with E-state index in [0.717, 1.165) is 11.8 Å². The van der Waals surface area contributed by atoms with Crippen LogP contribution in [0.1, 0.15) is 24.4 Å². The molecule has 1 atom stereocenters. The molecule has 1 rings (SSSR count). The minimum atomic E-state index is -3.54. The van der Waals surface area contributed by atoms with Crippen LogP contribution in [0.15, 0.2) is 24.3 Å². The second-order valence-corrected chi connectivity index (χ2v) is 5.47. The Hall–Kier alpha value is -1.60. The van der Waals surface area contributed by atoms with Crippen molar-refractivity contribution in [3.63, 3.8) is 0 Å². The Balaban J connectivity index is 2.67. The number of benzene rings is 1. The van der Waals surface area contributed by atoms with Crippen molar-refractivity contribution in [1.82, 2.24) is 0 Å².